The van der Waals surface area contributed by atoms with Gasteiger partial charge in [0.15, 0.2) is 0 Å². The van der Waals surface area contributed by atoms with Crippen LogP contribution in [0.4, 0.5) is 26.7 Å². The molecule has 0 saturated carbocycles. The van der Waals surface area contributed by atoms with E-state index >= 15 is 0 Å². The third-order valence-electron chi connectivity index (χ3n) is 3.62. The first-order valence-electron chi connectivity index (χ1n) is 7.65. The number of fused-ring (bicyclic) bond motifs is 1. The number of benzene rings is 3. The second-order valence-corrected chi connectivity index (χ2v) is 5.48. The third kappa shape index (κ3) is 4.07. The number of rotatable bonds is 3. The number of nitriles is 1. The molecular weight excluding hydrogens is 332 g/mol. The maximum absolute atomic E-state index is 12.1. The summed E-state index contributed by atoms with van der Waals surface area (Å²) in [5.41, 5.74) is 2.13. The lowest BCUT2D eigenvalue weighted by Crippen LogP contribution is -2.19. The van der Waals surface area contributed by atoms with E-state index in [2.05, 4.69) is 22.0 Å². The van der Waals surface area contributed by atoms with Crippen LogP contribution in [0.15, 0.2) is 60.7 Å². The second kappa shape index (κ2) is 7.23. The van der Waals surface area contributed by atoms with Gasteiger partial charge in [-0.2, -0.15) is 5.26 Å². The molecule has 0 fully saturated rings. The molecule has 26 heavy (non-hydrogen) atoms. The molecule has 0 aromatic heterocycles. The van der Waals surface area contributed by atoms with Crippen LogP contribution in [0.1, 0.15) is 5.56 Å². The highest BCUT2D eigenvalue weighted by atomic mass is 16.4. The fourth-order valence-corrected chi connectivity index (χ4v) is 2.45. The minimum atomic E-state index is -1.15. The minimum Gasteiger partial charge on any atom is -0.465 e. The Kier molecular flexibility index (Phi) is 4.67. The van der Waals surface area contributed by atoms with Gasteiger partial charge in [-0.15, -0.1) is 0 Å². The predicted molar refractivity (Wildman–Crippen MR) is 99.4 cm³/mol. The maximum atomic E-state index is 12.1. The highest BCUT2D eigenvalue weighted by Gasteiger charge is 2.05. The van der Waals surface area contributed by atoms with Crippen LogP contribution in [0.5, 0.6) is 0 Å². The van der Waals surface area contributed by atoms with Gasteiger partial charge >= 0.3 is 12.1 Å². The summed E-state index contributed by atoms with van der Waals surface area (Å²) in [5.74, 6) is 0. The maximum Gasteiger partial charge on any atom is 0.409 e. The first-order valence-corrected chi connectivity index (χ1v) is 7.65. The van der Waals surface area contributed by atoms with Crippen LogP contribution in [0, 0.1) is 11.3 Å². The van der Waals surface area contributed by atoms with Crippen molar-refractivity contribution in [2.45, 2.75) is 0 Å². The van der Waals surface area contributed by atoms with Crippen LogP contribution in [-0.2, 0) is 0 Å². The zero-order valence-corrected chi connectivity index (χ0v) is 13.5. The zero-order chi connectivity index (χ0) is 18.5. The molecule has 0 radical (unpaired) electrons. The van der Waals surface area contributed by atoms with Gasteiger partial charge < -0.3 is 15.7 Å². The molecule has 0 aliphatic rings. The normalized spacial score (nSPS) is 9.96. The van der Waals surface area contributed by atoms with Gasteiger partial charge in [-0.3, -0.25) is 5.32 Å². The average molecular weight is 346 g/mol. The van der Waals surface area contributed by atoms with Crippen LogP contribution in [0.25, 0.3) is 10.8 Å². The molecule has 3 amide bonds. The molecule has 7 heteroatoms. The number of nitrogens with one attached hydrogen (secondary N) is 3. The number of urea groups is 1. The highest BCUT2D eigenvalue weighted by molar-refractivity contribution is 6.01. The van der Waals surface area contributed by atoms with E-state index in [-0.39, 0.29) is 0 Å². The van der Waals surface area contributed by atoms with Crippen molar-refractivity contribution >= 4 is 40.0 Å². The lowest BCUT2D eigenvalue weighted by atomic mass is 10.1. The second-order valence-electron chi connectivity index (χ2n) is 5.48. The molecule has 0 heterocycles. The molecule has 0 saturated heterocycles. The Labute approximate surface area is 148 Å². The van der Waals surface area contributed by atoms with E-state index in [0.717, 1.165) is 10.8 Å². The van der Waals surface area contributed by atoms with Crippen LogP contribution in [-0.4, -0.2) is 17.2 Å². The first kappa shape index (κ1) is 16.8. The van der Waals surface area contributed by atoms with Gasteiger partial charge in [0.1, 0.15) is 0 Å². The van der Waals surface area contributed by atoms with Crippen LogP contribution in [0.2, 0.25) is 0 Å². The van der Waals surface area contributed by atoms with Gasteiger partial charge in [-0.05, 0) is 59.3 Å². The van der Waals surface area contributed by atoms with Gasteiger partial charge in [-0.1, -0.05) is 12.1 Å². The Bertz CT molecular complexity index is 1020. The van der Waals surface area contributed by atoms with Crippen molar-refractivity contribution in [3.63, 3.8) is 0 Å². The van der Waals surface area contributed by atoms with E-state index in [4.69, 9.17) is 10.4 Å². The number of hydrogen-bond acceptors (Lipinski definition) is 3. The van der Waals surface area contributed by atoms with Crippen molar-refractivity contribution < 1.29 is 14.7 Å². The molecule has 7 nitrogen and oxygen atoms in total. The molecule has 0 aliphatic carbocycles. The van der Waals surface area contributed by atoms with Crippen LogP contribution >= 0.6 is 0 Å². The number of nitrogens with zero attached hydrogens (tertiary/aromatic N) is 1. The van der Waals surface area contributed by atoms with E-state index in [0.29, 0.717) is 22.6 Å². The Hall–Kier alpha value is -4.05. The highest BCUT2D eigenvalue weighted by Crippen LogP contribution is 2.21. The Balaban J connectivity index is 1.67. The number of anilines is 3. The molecule has 128 valence electrons. The predicted octanol–water partition coefficient (Wildman–Crippen LogP) is 4.45. The molecule has 0 unspecified atom stereocenters. The van der Waals surface area contributed by atoms with Crippen LogP contribution < -0.4 is 16.0 Å². The number of hydrogen-bond donors (Lipinski definition) is 4. The van der Waals surface area contributed by atoms with Crippen molar-refractivity contribution in [1.82, 2.24) is 0 Å². The Morgan fingerprint density at radius 2 is 1.31 bits per heavy atom. The fourth-order valence-electron chi connectivity index (χ4n) is 2.45. The van der Waals surface area contributed by atoms with Crippen molar-refractivity contribution in [2.24, 2.45) is 0 Å². The molecule has 3 aromatic rings. The molecule has 0 aliphatic heterocycles. The lowest BCUT2D eigenvalue weighted by molar-refractivity contribution is 0.209. The smallest absolute Gasteiger partial charge is 0.409 e. The van der Waals surface area contributed by atoms with Gasteiger partial charge in [0, 0.05) is 17.1 Å². The van der Waals surface area contributed by atoms with E-state index in [1.54, 1.807) is 42.5 Å². The van der Waals surface area contributed by atoms with E-state index < -0.39 is 12.1 Å². The topological polar surface area (TPSA) is 114 Å². The quantitative estimate of drug-likeness (QED) is 0.561. The third-order valence-corrected chi connectivity index (χ3v) is 3.62. The number of carboxylic acid groups (broad SMARTS) is 1. The van der Waals surface area contributed by atoms with E-state index in [9.17, 15) is 9.59 Å². The van der Waals surface area contributed by atoms with E-state index in [1.807, 2.05) is 18.2 Å². The molecule has 3 rings (SSSR count). The zero-order valence-electron chi connectivity index (χ0n) is 13.5. The van der Waals surface area contributed by atoms with E-state index in [1.165, 1.54) is 0 Å². The Morgan fingerprint density at radius 1 is 0.769 bits per heavy atom. The lowest BCUT2D eigenvalue weighted by Gasteiger charge is -2.09. The summed E-state index contributed by atoms with van der Waals surface area (Å²) < 4.78 is 0. The Morgan fingerprint density at radius 3 is 1.96 bits per heavy atom. The largest absolute Gasteiger partial charge is 0.465 e. The number of amides is 3. The first-order chi connectivity index (χ1) is 12.5. The summed E-state index contributed by atoms with van der Waals surface area (Å²) in [6.07, 6.45) is -1.15. The van der Waals surface area contributed by atoms with Crippen LogP contribution in [0.3, 0.4) is 0 Å². The van der Waals surface area contributed by atoms with Crippen molar-refractivity contribution in [3.05, 3.63) is 66.2 Å². The number of carbonyl (C=O) groups excluding carboxylic acids is 1. The summed E-state index contributed by atoms with van der Waals surface area (Å²) in [7, 11) is 0. The number of carbonyl (C=O) groups is 2. The molecule has 3 aromatic carbocycles. The monoisotopic (exact) mass is 346 g/mol. The molecule has 0 atom stereocenters. The summed E-state index contributed by atoms with van der Waals surface area (Å²) in [6.45, 7) is 0. The summed E-state index contributed by atoms with van der Waals surface area (Å²) >= 11 is 0. The van der Waals surface area contributed by atoms with Gasteiger partial charge in [-0.25, -0.2) is 9.59 Å². The van der Waals surface area contributed by atoms with Crippen molar-refractivity contribution in [2.75, 3.05) is 16.0 Å². The molecule has 0 spiro atoms. The summed E-state index contributed by atoms with van der Waals surface area (Å²) in [4.78, 5) is 22.7. The van der Waals surface area contributed by atoms with Gasteiger partial charge in [0.25, 0.3) is 0 Å². The summed E-state index contributed by atoms with van der Waals surface area (Å²) in [6, 6.07) is 18.7. The fraction of sp³-hybridized carbons (Fsp3) is 0. The summed E-state index contributed by atoms with van der Waals surface area (Å²) in [5, 5.41) is 27.0. The average Bonchev–Trinajstić information content (AvgIpc) is 2.62. The SMILES string of the molecule is N#Cc1ccc2cc(NC(=O)Nc3ccc(NC(=O)O)cc3)ccc2c1. The molecular formula is C19H14N4O3. The minimum absolute atomic E-state index is 0.412. The molecule has 0 bridgehead atoms. The van der Waals surface area contributed by atoms with Gasteiger partial charge in [0.2, 0.25) is 0 Å². The van der Waals surface area contributed by atoms with Gasteiger partial charge in [0.05, 0.1) is 11.6 Å². The van der Waals surface area contributed by atoms with Crippen molar-refractivity contribution in [3.8, 4) is 6.07 Å². The molecule has 4 N–H and O–H groups in total. The van der Waals surface area contributed by atoms with Crippen molar-refractivity contribution in [1.29, 1.82) is 5.26 Å². The standard InChI is InChI=1S/C19H14N4O3/c20-11-12-1-2-14-10-17(4-3-13(14)9-12)22-18(24)21-15-5-7-16(8-6-15)23-19(25)26/h1-10,23H,(H,25,26)(H2,21,22,24).